The predicted molar refractivity (Wildman–Crippen MR) is 159 cm³/mol. The number of fused-ring (bicyclic) bond motifs is 3. The molecule has 11 heteroatoms. The van der Waals surface area contributed by atoms with Crippen molar-refractivity contribution >= 4 is 41.3 Å². The van der Waals surface area contributed by atoms with Gasteiger partial charge in [-0.25, -0.2) is 0 Å². The van der Waals surface area contributed by atoms with Crippen molar-refractivity contribution in [2.24, 2.45) is 0 Å². The zero-order chi connectivity index (χ0) is 30.4. The Bertz CT molecular complexity index is 1380. The van der Waals surface area contributed by atoms with E-state index in [1.807, 2.05) is 0 Å². The number of nitrogens with zero attached hydrogens (tertiary/aromatic N) is 1. The monoisotopic (exact) mass is 616 g/mol. The summed E-state index contributed by atoms with van der Waals surface area (Å²) >= 11 is 12.4. The first-order valence-electron chi connectivity index (χ1n) is 13.7. The molecule has 224 valence electrons. The first-order chi connectivity index (χ1) is 20.2. The number of halogens is 2. The van der Waals surface area contributed by atoms with Gasteiger partial charge in [0.1, 0.15) is 18.5 Å². The van der Waals surface area contributed by atoms with E-state index >= 15 is 0 Å². The molecule has 4 unspecified atom stereocenters. The molecule has 0 fully saturated rings. The highest BCUT2D eigenvalue weighted by Gasteiger charge is 2.51. The van der Waals surface area contributed by atoms with Gasteiger partial charge in [0.2, 0.25) is 11.8 Å². The van der Waals surface area contributed by atoms with E-state index in [1.54, 1.807) is 36.4 Å². The molecule has 2 amide bonds. The van der Waals surface area contributed by atoms with Crippen molar-refractivity contribution in [2.75, 3.05) is 20.3 Å². The third kappa shape index (κ3) is 6.65. The lowest BCUT2D eigenvalue weighted by molar-refractivity contribution is -0.138. The SMILES string of the molecule is C=CCCCCC(=O)N(Cc1ccc(Cl)c(Cl)c1)C1C=C(C(=O)NCCO)C2c3cc(C=O)cc(OC)c3OC2C1O. The molecule has 4 rings (SSSR count). The lowest BCUT2D eigenvalue weighted by atomic mass is 9.77. The van der Waals surface area contributed by atoms with Crippen molar-refractivity contribution in [3.63, 3.8) is 0 Å². The molecular weight excluding hydrogens is 583 g/mol. The summed E-state index contributed by atoms with van der Waals surface area (Å²) in [7, 11) is 1.43. The van der Waals surface area contributed by atoms with Gasteiger partial charge >= 0.3 is 0 Å². The molecule has 0 saturated carbocycles. The number of ether oxygens (including phenoxy) is 2. The number of aldehydes is 1. The molecule has 42 heavy (non-hydrogen) atoms. The summed E-state index contributed by atoms with van der Waals surface area (Å²) in [5, 5.41) is 24.5. The lowest BCUT2D eigenvalue weighted by Crippen LogP contribution is -2.55. The molecule has 0 radical (unpaired) electrons. The van der Waals surface area contributed by atoms with E-state index < -0.39 is 30.1 Å². The van der Waals surface area contributed by atoms with Crippen LogP contribution in [0.4, 0.5) is 0 Å². The standard InChI is InChI=1S/C31H34Cl2N2O7/c1-3-4-5-6-7-26(38)35(16-18-8-9-22(32)23(33)13-18)24-15-21(31(40)34-10-11-36)27-20-12-19(17-37)14-25(41-2)29(20)42-30(27)28(24)39/h3,8-9,12-15,17,24,27-28,30,36,39H,1,4-7,10-11,16H2,2H3,(H,34,40). The molecule has 2 aromatic carbocycles. The number of nitrogens with one attached hydrogen (secondary N) is 1. The first kappa shape index (κ1) is 31.6. The average molecular weight is 618 g/mol. The van der Waals surface area contributed by atoms with Gasteiger partial charge in [-0.15, -0.1) is 6.58 Å². The van der Waals surface area contributed by atoms with E-state index in [4.69, 9.17) is 32.7 Å². The van der Waals surface area contributed by atoms with Gasteiger partial charge in [0.25, 0.3) is 0 Å². The van der Waals surface area contributed by atoms with Crippen LogP contribution in [0, 0.1) is 0 Å². The van der Waals surface area contributed by atoms with Gasteiger partial charge in [-0.2, -0.15) is 0 Å². The van der Waals surface area contributed by atoms with E-state index in [0.29, 0.717) is 45.2 Å². The van der Waals surface area contributed by atoms with Crippen molar-refractivity contribution in [3.8, 4) is 11.5 Å². The molecule has 0 spiro atoms. The molecule has 9 nitrogen and oxygen atoms in total. The van der Waals surface area contributed by atoms with Crippen LogP contribution in [-0.2, 0) is 16.1 Å². The summed E-state index contributed by atoms with van der Waals surface area (Å²) in [4.78, 5) is 40.4. The van der Waals surface area contributed by atoms with Gasteiger partial charge < -0.3 is 29.9 Å². The van der Waals surface area contributed by atoms with E-state index in [9.17, 15) is 24.6 Å². The predicted octanol–water partition coefficient (Wildman–Crippen LogP) is 4.21. The summed E-state index contributed by atoms with van der Waals surface area (Å²) in [5.74, 6) is -0.876. The van der Waals surface area contributed by atoms with Crippen molar-refractivity contribution in [1.82, 2.24) is 10.2 Å². The van der Waals surface area contributed by atoms with Gasteiger partial charge in [0, 0.05) is 36.2 Å². The molecule has 0 aromatic heterocycles. The number of allylic oxidation sites excluding steroid dienone is 1. The third-order valence-electron chi connectivity index (χ3n) is 7.48. The highest BCUT2D eigenvalue weighted by atomic mass is 35.5. The zero-order valence-corrected chi connectivity index (χ0v) is 24.7. The van der Waals surface area contributed by atoms with Crippen LogP contribution in [0.3, 0.4) is 0 Å². The fraction of sp³-hybridized carbons (Fsp3) is 0.387. The Morgan fingerprint density at radius 3 is 2.64 bits per heavy atom. The summed E-state index contributed by atoms with van der Waals surface area (Å²) < 4.78 is 11.7. The number of carbonyl (C=O) groups is 3. The number of amides is 2. The third-order valence-corrected chi connectivity index (χ3v) is 8.22. The van der Waals surface area contributed by atoms with Gasteiger partial charge in [-0.3, -0.25) is 14.4 Å². The smallest absolute Gasteiger partial charge is 0.247 e. The molecule has 0 bridgehead atoms. The van der Waals surface area contributed by atoms with Crippen molar-refractivity contribution in [3.05, 3.63) is 81.4 Å². The first-order valence-corrected chi connectivity index (χ1v) is 14.5. The minimum Gasteiger partial charge on any atom is -0.493 e. The molecule has 1 aliphatic heterocycles. The maximum atomic E-state index is 13.7. The van der Waals surface area contributed by atoms with Crippen molar-refractivity contribution < 1.29 is 34.1 Å². The number of hydrogen-bond donors (Lipinski definition) is 3. The summed E-state index contributed by atoms with van der Waals surface area (Å²) in [6, 6.07) is 7.21. The molecule has 4 atom stereocenters. The summed E-state index contributed by atoms with van der Waals surface area (Å²) in [6.45, 7) is 3.54. The molecule has 3 N–H and O–H groups in total. The zero-order valence-electron chi connectivity index (χ0n) is 23.2. The number of methoxy groups -OCH3 is 1. The van der Waals surface area contributed by atoms with Crippen LogP contribution in [0.5, 0.6) is 11.5 Å². The van der Waals surface area contributed by atoms with Crippen LogP contribution in [0.2, 0.25) is 10.0 Å². The second kappa shape index (κ2) is 14.2. The number of carbonyl (C=O) groups excluding carboxylic acids is 3. The van der Waals surface area contributed by atoms with Crippen LogP contribution in [-0.4, -0.2) is 71.7 Å². The molecule has 2 aromatic rings. The van der Waals surface area contributed by atoms with E-state index in [0.717, 1.165) is 12.8 Å². The summed E-state index contributed by atoms with van der Waals surface area (Å²) in [5.41, 5.74) is 1.76. The Morgan fingerprint density at radius 1 is 1.19 bits per heavy atom. The number of aliphatic hydroxyl groups excluding tert-OH is 2. The van der Waals surface area contributed by atoms with Crippen LogP contribution >= 0.6 is 23.2 Å². The maximum absolute atomic E-state index is 13.7. The number of hydrogen-bond acceptors (Lipinski definition) is 7. The molecule has 2 aliphatic rings. The van der Waals surface area contributed by atoms with Crippen molar-refractivity contribution in [1.29, 1.82) is 0 Å². The maximum Gasteiger partial charge on any atom is 0.247 e. The Labute approximate surface area is 254 Å². The Balaban J connectivity index is 1.79. The molecular formula is C31H34Cl2N2O7. The number of benzene rings is 2. The van der Waals surface area contributed by atoms with Crippen LogP contribution < -0.4 is 14.8 Å². The van der Waals surface area contributed by atoms with Crippen LogP contribution in [0.1, 0.15) is 53.1 Å². The van der Waals surface area contributed by atoms with E-state index in [2.05, 4.69) is 11.9 Å². The highest BCUT2D eigenvalue weighted by molar-refractivity contribution is 6.42. The van der Waals surface area contributed by atoms with Gasteiger partial charge in [0.05, 0.1) is 35.7 Å². The topological polar surface area (TPSA) is 125 Å². The minimum atomic E-state index is -1.25. The van der Waals surface area contributed by atoms with Gasteiger partial charge in [-0.1, -0.05) is 35.3 Å². The van der Waals surface area contributed by atoms with E-state index in [1.165, 1.54) is 18.1 Å². The Kier molecular flexibility index (Phi) is 10.7. The normalized spacial score (nSPS) is 20.5. The molecule has 1 heterocycles. The van der Waals surface area contributed by atoms with Crippen LogP contribution in [0.25, 0.3) is 0 Å². The quantitative estimate of drug-likeness (QED) is 0.175. The van der Waals surface area contributed by atoms with Crippen LogP contribution in [0.15, 0.2) is 54.6 Å². The Hall–Kier alpha value is -3.37. The fourth-order valence-electron chi connectivity index (χ4n) is 5.46. The fourth-order valence-corrected chi connectivity index (χ4v) is 5.78. The molecule has 0 saturated heterocycles. The minimum absolute atomic E-state index is 0.00140. The average Bonchev–Trinajstić information content (AvgIpc) is 3.38. The second-order valence-electron chi connectivity index (χ2n) is 10.2. The number of aliphatic hydroxyl groups is 2. The largest absolute Gasteiger partial charge is 0.493 e. The van der Waals surface area contributed by atoms with Gasteiger partial charge in [0.15, 0.2) is 11.5 Å². The number of unbranched alkanes of at least 4 members (excludes halogenated alkanes) is 2. The Morgan fingerprint density at radius 2 is 1.98 bits per heavy atom. The number of rotatable bonds is 13. The second-order valence-corrected chi connectivity index (χ2v) is 11.0. The highest BCUT2D eigenvalue weighted by Crippen LogP contribution is 2.51. The molecule has 1 aliphatic carbocycles. The summed E-state index contributed by atoms with van der Waals surface area (Å²) in [6.07, 6.45) is 4.18. The van der Waals surface area contributed by atoms with Crippen molar-refractivity contribution in [2.45, 2.75) is 56.4 Å². The lowest BCUT2D eigenvalue weighted by Gasteiger charge is -2.41. The van der Waals surface area contributed by atoms with Gasteiger partial charge in [-0.05, 0) is 55.2 Å². The van der Waals surface area contributed by atoms with E-state index in [-0.39, 0.29) is 43.3 Å².